The molecule has 0 heterocycles. The van der Waals surface area contributed by atoms with E-state index in [-0.39, 0.29) is 64.0 Å². The molecule has 0 aromatic heterocycles. The molecule has 1 aliphatic carbocycles. The molecule has 0 amide bonds. The zero-order valence-electron chi connectivity index (χ0n) is 34.3. The largest absolute Gasteiger partial charge is 4.00 e. The summed E-state index contributed by atoms with van der Waals surface area (Å²) in [6.07, 6.45) is 4.29. The molecule has 3 aromatic carbocycles. The van der Waals surface area contributed by atoms with Gasteiger partial charge in [-0.3, -0.25) is 6.08 Å². The molecule has 1 unspecified atom stereocenters. The summed E-state index contributed by atoms with van der Waals surface area (Å²) in [5.41, 5.74) is 7.01. The van der Waals surface area contributed by atoms with Gasteiger partial charge in [-0.25, -0.2) is 5.57 Å². The summed E-state index contributed by atoms with van der Waals surface area (Å²) in [6, 6.07) is 23.7. The second-order valence-electron chi connectivity index (χ2n) is 18.8. The summed E-state index contributed by atoms with van der Waals surface area (Å²) < 4.78 is 0. The predicted molar refractivity (Wildman–Crippen MR) is 225 cm³/mol. The van der Waals surface area contributed by atoms with Gasteiger partial charge in [0.05, 0.1) is 32.3 Å². The van der Waals surface area contributed by atoms with E-state index in [0.717, 1.165) is 0 Å². The fraction of sp³-hybridized carbons (Fsp3) is 0.463. The van der Waals surface area contributed by atoms with Gasteiger partial charge >= 0.3 is 21.7 Å². The van der Waals surface area contributed by atoms with Crippen LogP contribution in [0.1, 0.15) is 38.8 Å². The van der Waals surface area contributed by atoms with Gasteiger partial charge in [0.1, 0.15) is 8.07 Å². The van der Waals surface area contributed by atoms with Gasteiger partial charge in [0.25, 0.3) is 0 Å². The van der Waals surface area contributed by atoms with Crippen molar-refractivity contribution in [1.29, 1.82) is 0 Å². The number of hydrogen-bond acceptors (Lipinski definition) is 0. The third-order valence-corrected chi connectivity index (χ3v) is 24.5. The molecular formula is C41H63Cl3Si5Ti. The summed E-state index contributed by atoms with van der Waals surface area (Å²) in [5, 5.41) is 10.9. The Bertz CT molecular complexity index is 1590. The normalized spacial score (nSPS) is 16.9. The van der Waals surface area contributed by atoms with Crippen LogP contribution in [0.25, 0.3) is 0 Å². The van der Waals surface area contributed by atoms with Crippen LogP contribution in [0.15, 0.2) is 71.3 Å². The second kappa shape index (κ2) is 16.7. The van der Waals surface area contributed by atoms with Crippen molar-refractivity contribution in [3.63, 3.8) is 0 Å². The van der Waals surface area contributed by atoms with Gasteiger partial charge < -0.3 is 37.2 Å². The first kappa shape index (κ1) is 49.8. The number of benzene rings is 3. The van der Waals surface area contributed by atoms with Crippen LogP contribution in [0.5, 0.6) is 0 Å². The van der Waals surface area contributed by atoms with Gasteiger partial charge in [-0.05, 0) is 29.4 Å². The summed E-state index contributed by atoms with van der Waals surface area (Å²) in [7, 11) is -9.45. The number of halogens is 3. The van der Waals surface area contributed by atoms with Gasteiger partial charge in [0, 0.05) is 0 Å². The van der Waals surface area contributed by atoms with E-state index in [9.17, 15) is 0 Å². The molecule has 0 saturated carbocycles. The Morgan fingerprint density at radius 3 is 0.920 bits per heavy atom. The SMILES string of the molecule is CC1=[C-]C(C)([Si](c2cc(C)cc(C)c2)(c2cc([Si](C)(C)C)cc([Si](C)(C)C)c2)c2cc([Si](C)(C)C)cc([Si](C)(C)C)c2)C(C)=C1C.[Cl-].[Cl-].[Cl-].[Ti+4]. The van der Waals surface area contributed by atoms with E-state index in [1.54, 1.807) is 36.3 Å². The Balaban J connectivity index is 0.00000600. The predicted octanol–water partition coefficient (Wildman–Crippen LogP) is -1.18. The molecule has 0 nitrogen and oxygen atoms in total. The summed E-state index contributed by atoms with van der Waals surface area (Å²) in [4.78, 5) is 0. The van der Waals surface area contributed by atoms with Gasteiger partial charge in [-0.2, -0.15) is 11.1 Å². The van der Waals surface area contributed by atoms with Gasteiger partial charge in [-0.1, -0.05) is 191 Å². The quantitative estimate of drug-likeness (QED) is 0.153. The molecule has 0 fully saturated rings. The van der Waals surface area contributed by atoms with Crippen molar-refractivity contribution in [2.75, 3.05) is 0 Å². The van der Waals surface area contributed by atoms with E-state index < -0.39 is 40.4 Å². The Labute approximate surface area is 346 Å². The molecule has 0 radical (unpaired) electrons. The minimum Gasteiger partial charge on any atom is -1.00 e. The Morgan fingerprint density at radius 2 is 0.680 bits per heavy atom. The fourth-order valence-electron chi connectivity index (χ4n) is 7.57. The smallest absolute Gasteiger partial charge is 1.00 e. The molecule has 0 bridgehead atoms. The summed E-state index contributed by atoms with van der Waals surface area (Å²) >= 11 is 0. The molecular weight excluding hydrogens is 787 g/mol. The minimum atomic E-state index is -2.87. The molecule has 3 aromatic rings. The average molecular weight is 851 g/mol. The van der Waals surface area contributed by atoms with Crippen molar-refractivity contribution >= 4 is 76.7 Å². The Kier molecular flexibility index (Phi) is 16.6. The molecule has 1 atom stereocenters. The monoisotopic (exact) mass is 848 g/mol. The summed E-state index contributed by atoms with van der Waals surface area (Å²) in [5.74, 6) is 0. The number of aryl methyl sites for hydroxylation is 2. The molecule has 50 heavy (non-hydrogen) atoms. The van der Waals surface area contributed by atoms with E-state index in [1.165, 1.54) is 27.8 Å². The van der Waals surface area contributed by atoms with E-state index in [0.29, 0.717) is 0 Å². The first-order chi connectivity index (χ1) is 20.7. The zero-order valence-corrected chi connectivity index (χ0v) is 43.2. The standard InChI is InChI=1S/C41H63Si5.3ClH.Ti/c1-29-19-30(2)21-38(20-29)46(41(6)28-31(3)32(4)33(41)5,39-24-34(42(7,8)9)22-35(25-39)43(10,11)12)40-26-36(44(13,14)15)23-37(27-40)45(16,17)18;;;;/h19-27H,1-18H3;3*1H;/q-1;;;;+4/p-3. The van der Waals surface area contributed by atoms with E-state index >= 15 is 0 Å². The van der Waals surface area contributed by atoms with Crippen molar-refractivity contribution in [2.45, 2.75) is 125 Å². The molecule has 0 saturated heterocycles. The number of rotatable bonds is 8. The van der Waals surface area contributed by atoms with Crippen molar-refractivity contribution in [1.82, 2.24) is 0 Å². The van der Waals surface area contributed by atoms with Gasteiger partial charge in [-0.15, -0.1) is 6.92 Å². The van der Waals surface area contributed by atoms with Gasteiger partial charge in [0.15, 0.2) is 0 Å². The molecule has 1 aliphatic rings. The van der Waals surface area contributed by atoms with Crippen molar-refractivity contribution in [2.24, 2.45) is 0 Å². The van der Waals surface area contributed by atoms with Crippen LogP contribution in [0.2, 0.25) is 83.6 Å². The first-order valence-corrected chi connectivity index (χ1v) is 33.4. The first-order valence-electron chi connectivity index (χ1n) is 17.4. The third kappa shape index (κ3) is 9.36. The molecule has 9 heteroatoms. The average Bonchev–Trinajstić information content (AvgIpc) is 3.09. The molecule has 0 N–H and O–H groups in total. The maximum Gasteiger partial charge on any atom is 4.00 e. The molecule has 4 rings (SSSR count). The van der Waals surface area contributed by atoms with Crippen LogP contribution < -0.4 is 73.5 Å². The van der Waals surface area contributed by atoms with E-state index in [2.05, 4.69) is 181 Å². The molecule has 0 aliphatic heterocycles. The molecule has 0 spiro atoms. The molecule has 272 valence electrons. The van der Waals surface area contributed by atoms with Gasteiger partial charge in [0.2, 0.25) is 0 Å². The number of hydrogen-bond donors (Lipinski definition) is 0. The third-order valence-electron chi connectivity index (χ3n) is 10.9. The van der Waals surface area contributed by atoms with Crippen LogP contribution in [0, 0.1) is 19.9 Å². The number of allylic oxidation sites excluding steroid dienone is 4. The van der Waals surface area contributed by atoms with Crippen LogP contribution in [0.4, 0.5) is 0 Å². The van der Waals surface area contributed by atoms with Crippen molar-refractivity contribution in [3.05, 3.63) is 88.5 Å². The Hall–Kier alpha value is -0.191. The van der Waals surface area contributed by atoms with Crippen LogP contribution in [-0.4, -0.2) is 40.4 Å². The van der Waals surface area contributed by atoms with E-state index in [4.69, 9.17) is 0 Å². The van der Waals surface area contributed by atoms with Crippen LogP contribution >= 0.6 is 0 Å². The van der Waals surface area contributed by atoms with Crippen LogP contribution in [0.3, 0.4) is 0 Å². The maximum atomic E-state index is 4.29. The topological polar surface area (TPSA) is 0 Å². The maximum absolute atomic E-state index is 4.29. The van der Waals surface area contributed by atoms with Crippen molar-refractivity contribution < 1.29 is 58.9 Å². The van der Waals surface area contributed by atoms with Crippen LogP contribution in [-0.2, 0) is 21.7 Å². The van der Waals surface area contributed by atoms with E-state index in [1.807, 2.05) is 0 Å². The summed E-state index contributed by atoms with van der Waals surface area (Å²) in [6.45, 7) is 44.8. The minimum absolute atomic E-state index is 0. The second-order valence-corrected chi connectivity index (χ2v) is 43.4. The van der Waals surface area contributed by atoms with Crippen molar-refractivity contribution in [3.8, 4) is 0 Å². The Morgan fingerprint density at radius 1 is 0.420 bits per heavy atom. The fourth-order valence-corrected chi connectivity index (χ4v) is 19.4. The zero-order chi connectivity index (χ0) is 35.0.